The summed E-state index contributed by atoms with van der Waals surface area (Å²) in [6.07, 6.45) is 3.38. The Hall–Kier alpha value is -2.47. The second-order valence-electron chi connectivity index (χ2n) is 5.82. The Bertz CT molecular complexity index is 664. The van der Waals surface area contributed by atoms with E-state index in [0.717, 1.165) is 31.6 Å². The van der Waals surface area contributed by atoms with Crippen molar-refractivity contribution in [2.24, 2.45) is 0 Å². The van der Waals surface area contributed by atoms with Crippen molar-refractivity contribution in [3.8, 4) is 0 Å². The molecule has 3 rings (SSSR count). The zero-order valence-corrected chi connectivity index (χ0v) is 13.8. The minimum atomic E-state index is -0.266. The maximum atomic E-state index is 12.2. The molecule has 2 N–H and O–H groups in total. The van der Waals surface area contributed by atoms with Crippen LogP contribution in [-0.4, -0.2) is 35.4 Å². The number of ether oxygens (including phenoxy) is 1. The summed E-state index contributed by atoms with van der Waals surface area (Å²) in [7, 11) is 0. The molecule has 1 saturated heterocycles. The summed E-state index contributed by atoms with van der Waals surface area (Å²) >= 11 is 0. The van der Waals surface area contributed by atoms with Crippen molar-refractivity contribution in [2.75, 3.05) is 23.8 Å². The first kappa shape index (κ1) is 16.4. The fraction of sp³-hybridized carbons (Fsp3) is 0.389. The quantitative estimate of drug-likeness (QED) is 0.853. The predicted octanol–water partition coefficient (Wildman–Crippen LogP) is 2.88. The number of hydrogen-bond donors (Lipinski definition) is 2. The van der Waals surface area contributed by atoms with Crippen LogP contribution in [0.3, 0.4) is 0 Å². The summed E-state index contributed by atoms with van der Waals surface area (Å²) in [4.78, 5) is 12.2. The number of carbonyl (C=O) groups is 1. The lowest BCUT2D eigenvalue weighted by atomic mass is 10.1. The molecular weight excluding hydrogens is 304 g/mol. The molecule has 1 aliphatic rings. The molecule has 0 spiro atoms. The number of aryl methyl sites for hydroxylation is 1. The number of aromatic nitrogens is 2. The van der Waals surface area contributed by atoms with Crippen molar-refractivity contribution in [1.29, 1.82) is 0 Å². The Balaban J connectivity index is 1.54. The van der Waals surface area contributed by atoms with E-state index in [0.29, 0.717) is 12.4 Å². The second kappa shape index (κ2) is 7.88. The number of nitrogens with one attached hydrogen (secondary N) is 2. The molecule has 1 amide bonds. The van der Waals surface area contributed by atoms with E-state index in [2.05, 4.69) is 27.8 Å². The zero-order chi connectivity index (χ0) is 16.8. The van der Waals surface area contributed by atoms with Gasteiger partial charge >= 0.3 is 0 Å². The van der Waals surface area contributed by atoms with E-state index in [1.165, 1.54) is 5.56 Å². The largest absolute Gasteiger partial charge is 0.376 e. The van der Waals surface area contributed by atoms with Crippen LogP contribution in [0.15, 0.2) is 36.4 Å². The maximum absolute atomic E-state index is 12.2. The molecule has 2 heterocycles. The van der Waals surface area contributed by atoms with Gasteiger partial charge in [-0.1, -0.05) is 19.1 Å². The van der Waals surface area contributed by atoms with Gasteiger partial charge in [-0.2, -0.15) is 0 Å². The van der Waals surface area contributed by atoms with Gasteiger partial charge in [-0.15, -0.1) is 10.2 Å². The third kappa shape index (κ3) is 4.29. The van der Waals surface area contributed by atoms with Crippen molar-refractivity contribution < 1.29 is 9.53 Å². The second-order valence-corrected chi connectivity index (χ2v) is 5.82. The molecule has 1 aliphatic heterocycles. The highest BCUT2D eigenvalue weighted by Crippen LogP contribution is 2.14. The van der Waals surface area contributed by atoms with Crippen LogP contribution < -0.4 is 10.6 Å². The minimum absolute atomic E-state index is 0.237. The van der Waals surface area contributed by atoms with Gasteiger partial charge in [0.1, 0.15) is 5.82 Å². The summed E-state index contributed by atoms with van der Waals surface area (Å²) in [5.41, 5.74) is 2.27. The molecule has 0 aliphatic carbocycles. The molecule has 2 aromatic rings. The van der Waals surface area contributed by atoms with E-state index < -0.39 is 0 Å². The molecule has 0 saturated carbocycles. The number of rotatable bonds is 6. The van der Waals surface area contributed by atoms with Crippen LogP contribution >= 0.6 is 0 Å². The van der Waals surface area contributed by atoms with Gasteiger partial charge < -0.3 is 15.4 Å². The first-order valence-corrected chi connectivity index (χ1v) is 8.34. The van der Waals surface area contributed by atoms with Crippen molar-refractivity contribution in [2.45, 2.75) is 32.3 Å². The van der Waals surface area contributed by atoms with Gasteiger partial charge in [0.15, 0.2) is 5.69 Å². The van der Waals surface area contributed by atoms with Crippen LogP contribution in [0, 0.1) is 0 Å². The molecule has 126 valence electrons. The van der Waals surface area contributed by atoms with E-state index in [-0.39, 0.29) is 17.7 Å². The normalized spacial score (nSPS) is 16.8. The first-order chi connectivity index (χ1) is 11.7. The number of benzene rings is 1. The number of amides is 1. The summed E-state index contributed by atoms with van der Waals surface area (Å²) < 4.78 is 5.54. The highest BCUT2D eigenvalue weighted by molar-refractivity contribution is 6.02. The standard InChI is InChI=1S/C18H22N4O2/c1-2-13-5-7-14(8-6-13)20-18(23)16-9-10-17(22-21-16)19-12-15-4-3-11-24-15/h5-10,15H,2-4,11-12H2,1H3,(H,19,22)(H,20,23). The third-order valence-corrected chi connectivity index (χ3v) is 4.05. The SMILES string of the molecule is CCc1ccc(NC(=O)c2ccc(NCC3CCCO3)nn2)cc1. The van der Waals surface area contributed by atoms with Gasteiger partial charge in [-0.25, -0.2) is 0 Å². The molecule has 1 unspecified atom stereocenters. The maximum Gasteiger partial charge on any atom is 0.276 e. The molecule has 6 heteroatoms. The van der Waals surface area contributed by atoms with E-state index in [9.17, 15) is 4.79 Å². The van der Waals surface area contributed by atoms with E-state index in [4.69, 9.17) is 4.74 Å². The van der Waals surface area contributed by atoms with Crippen molar-refractivity contribution in [3.05, 3.63) is 47.7 Å². The summed E-state index contributed by atoms with van der Waals surface area (Å²) in [5, 5.41) is 14.0. The topological polar surface area (TPSA) is 76.1 Å². The Morgan fingerprint density at radius 3 is 2.67 bits per heavy atom. The van der Waals surface area contributed by atoms with Gasteiger partial charge in [-0.3, -0.25) is 4.79 Å². The Labute approximate surface area is 141 Å². The first-order valence-electron chi connectivity index (χ1n) is 8.34. The fourth-order valence-electron chi connectivity index (χ4n) is 2.59. The van der Waals surface area contributed by atoms with Gasteiger partial charge in [0.25, 0.3) is 5.91 Å². The number of nitrogens with zero attached hydrogens (tertiary/aromatic N) is 2. The average molecular weight is 326 g/mol. The minimum Gasteiger partial charge on any atom is -0.376 e. The summed E-state index contributed by atoms with van der Waals surface area (Å²) in [6.45, 7) is 3.64. The molecule has 0 bridgehead atoms. The fourth-order valence-corrected chi connectivity index (χ4v) is 2.59. The monoisotopic (exact) mass is 326 g/mol. The molecular formula is C18H22N4O2. The van der Waals surface area contributed by atoms with Crippen LogP contribution in [0.1, 0.15) is 35.8 Å². The number of hydrogen-bond acceptors (Lipinski definition) is 5. The molecule has 6 nitrogen and oxygen atoms in total. The lowest BCUT2D eigenvalue weighted by molar-refractivity contribution is 0.102. The molecule has 1 fully saturated rings. The van der Waals surface area contributed by atoms with Gasteiger partial charge in [0.05, 0.1) is 6.10 Å². The van der Waals surface area contributed by atoms with Crippen molar-refractivity contribution >= 4 is 17.4 Å². The highest BCUT2D eigenvalue weighted by Gasteiger charge is 2.15. The van der Waals surface area contributed by atoms with E-state index >= 15 is 0 Å². The molecule has 24 heavy (non-hydrogen) atoms. The lowest BCUT2D eigenvalue weighted by Crippen LogP contribution is -2.20. The predicted molar refractivity (Wildman–Crippen MR) is 93.3 cm³/mol. The molecule has 0 radical (unpaired) electrons. The van der Waals surface area contributed by atoms with E-state index in [1.54, 1.807) is 12.1 Å². The average Bonchev–Trinajstić information content (AvgIpc) is 3.14. The van der Waals surface area contributed by atoms with Gasteiger partial charge in [0.2, 0.25) is 0 Å². The Kier molecular flexibility index (Phi) is 5.38. The highest BCUT2D eigenvalue weighted by atomic mass is 16.5. The zero-order valence-electron chi connectivity index (χ0n) is 13.8. The van der Waals surface area contributed by atoms with Crippen LogP contribution in [0.25, 0.3) is 0 Å². The summed E-state index contributed by atoms with van der Waals surface area (Å²) in [6, 6.07) is 11.2. The lowest BCUT2D eigenvalue weighted by Gasteiger charge is -2.11. The third-order valence-electron chi connectivity index (χ3n) is 4.05. The van der Waals surface area contributed by atoms with Crippen LogP contribution in [0.2, 0.25) is 0 Å². The Morgan fingerprint density at radius 1 is 1.21 bits per heavy atom. The van der Waals surface area contributed by atoms with Gasteiger partial charge in [0, 0.05) is 18.8 Å². The van der Waals surface area contributed by atoms with Crippen molar-refractivity contribution in [1.82, 2.24) is 10.2 Å². The Morgan fingerprint density at radius 2 is 2.04 bits per heavy atom. The summed E-state index contributed by atoms with van der Waals surface area (Å²) in [5.74, 6) is 0.381. The van der Waals surface area contributed by atoms with Gasteiger partial charge in [-0.05, 0) is 49.1 Å². The molecule has 1 atom stereocenters. The molecule has 1 aromatic heterocycles. The number of anilines is 2. The molecule has 1 aromatic carbocycles. The van der Waals surface area contributed by atoms with Crippen LogP contribution in [0.4, 0.5) is 11.5 Å². The van der Waals surface area contributed by atoms with E-state index in [1.807, 2.05) is 24.3 Å². The van der Waals surface area contributed by atoms with Crippen LogP contribution in [0.5, 0.6) is 0 Å². The van der Waals surface area contributed by atoms with Crippen molar-refractivity contribution in [3.63, 3.8) is 0 Å². The number of carbonyl (C=O) groups excluding carboxylic acids is 1. The smallest absolute Gasteiger partial charge is 0.276 e. The van der Waals surface area contributed by atoms with Crippen LogP contribution in [-0.2, 0) is 11.2 Å².